The molecule has 100 valence electrons. The van der Waals surface area contributed by atoms with Crippen molar-refractivity contribution < 1.29 is 4.79 Å². The molecule has 1 amide bonds. The summed E-state index contributed by atoms with van der Waals surface area (Å²) in [4.78, 5) is 13.9. The van der Waals surface area contributed by atoms with Crippen LogP contribution in [0.2, 0.25) is 8.67 Å². The Morgan fingerprint density at radius 3 is 2.63 bits per heavy atom. The van der Waals surface area contributed by atoms with Gasteiger partial charge in [0.05, 0.1) is 9.90 Å². The maximum atomic E-state index is 12.3. The van der Waals surface area contributed by atoms with Gasteiger partial charge in [-0.15, -0.1) is 11.3 Å². The molecule has 0 unspecified atom stereocenters. The summed E-state index contributed by atoms with van der Waals surface area (Å²) >= 11 is 16.5. The Kier molecular flexibility index (Phi) is 4.90. The molecule has 0 fully saturated rings. The van der Waals surface area contributed by atoms with Gasteiger partial charge in [-0.2, -0.15) is 0 Å². The molecule has 0 aliphatic rings. The molecule has 6 heteroatoms. The molecule has 0 saturated carbocycles. The van der Waals surface area contributed by atoms with Crippen molar-refractivity contribution in [3.63, 3.8) is 0 Å². The van der Waals surface area contributed by atoms with E-state index in [2.05, 4.69) is 15.9 Å². The van der Waals surface area contributed by atoms with E-state index in [1.165, 1.54) is 11.3 Å². The quantitative estimate of drug-likeness (QED) is 0.728. The first kappa shape index (κ1) is 14.9. The van der Waals surface area contributed by atoms with Crippen molar-refractivity contribution in [1.82, 2.24) is 4.90 Å². The number of carbonyl (C=O) groups excluding carboxylic acids is 1. The first-order valence-electron chi connectivity index (χ1n) is 5.42. The summed E-state index contributed by atoms with van der Waals surface area (Å²) in [6.45, 7) is 0.504. The highest BCUT2D eigenvalue weighted by atomic mass is 79.9. The summed E-state index contributed by atoms with van der Waals surface area (Å²) in [6.07, 6.45) is 0. The summed E-state index contributed by atoms with van der Waals surface area (Å²) < 4.78 is 1.92. The van der Waals surface area contributed by atoms with Gasteiger partial charge in [-0.1, -0.05) is 57.3 Å². The molecule has 0 spiro atoms. The number of amides is 1. The molecule has 1 heterocycles. The van der Waals surface area contributed by atoms with Gasteiger partial charge in [0.25, 0.3) is 5.91 Å². The van der Waals surface area contributed by atoms with E-state index in [0.717, 1.165) is 10.0 Å². The molecule has 19 heavy (non-hydrogen) atoms. The minimum absolute atomic E-state index is 0.135. The van der Waals surface area contributed by atoms with E-state index in [4.69, 9.17) is 23.2 Å². The Bertz CT molecular complexity index is 614. The highest BCUT2D eigenvalue weighted by Crippen LogP contribution is 2.32. The van der Waals surface area contributed by atoms with Crippen LogP contribution in [-0.2, 0) is 6.54 Å². The molecule has 0 radical (unpaired) electrons. The molecule has 1 aromatic heterocycles. The molecule has 2 rings (SSSR count). The molecule has 0 aliphatic carbocycles. The molecule has 0 atom stereocenters. The van der Waals surface area contributed by atoms with Gasteiger partial charge in [0.15, 0.2) is 0 Å². The van der Waals surface area contributed by atoms with Crippen molar-refractivity contribution in [3.8, 4) is 0 Å². The van der Waals surface area contributed by atoms with Gasteiger partial charge in [0, 0.05) is 18.1 Å². The Morgan fingerprint density at radius 1 is 1.37 bits per heavy atom. The van der Waals surface area contributed by atoms with E-state index in [9.17, 15) is 4.79 Å². The maximum Gasteiger partial charge on any atom is 0.256 e. The summed E-state index contributed by atoms with van der Waals surface area (Å²) in [5.41, 5.74) is 1.49. The molecule has 0 bridgehead atoms. The highest BCUT2D eigenvalue weighted by molar-refractivity contribution is 9.10. The Balaban J connectivity index is 2.16. The zero-order valence-electron chi connectivity index (χ0n) is 9.99. The van der Waals surface area contributed by atoms with E-state index >= 15 is 0 Å². The second-order valence-corrected chi connectivity index (χ2v) is 7.13. The first-order valence-corrected chi connectivity index (χ1v) is 7.79. The average molecular weight is 379 g/mol. The van der Waals surface area contributed by atoms with Crippen LogP contribution < -0.4 is 0 Å². The number of thiophene rings is 1. The minimum Gasteiger partial charge on any atom is -0.337 e. The van der Waals surface area contributed by atoms with Crippen molar-refractivity contribution in [3.05, 3.63) is 54.6 Å². The second-order valence-electron chi connectivity index (χ2n) is 3.99. The van der Waals surface area contributed by atoms with Gasteiger partial charge >= 0.3 is 0 Å². The van der Waals surface area contributed by atoms with Crippen molar-refractivity contribution in [2.24, 2.45) is 0 Å². The molecule has 0 N–H and O–H groups in total. The van der Waals surface area contributed by atoms with Gasteiger partial charge < -0.3 is 4.90 Å². The molecule has 0 aliphatic heterocycles. The third-order valence-corrected chi connectivity index (χ3v) is 4.86. The minimum atomic E-state index is -0.135. The number of halogens is 3. The SMILES string of the molecule is CN(Cc1ccccc1Br)C(=O)c1cc(Cl)sc1Cl. The summed E-state index contributed by atoms with van der Waals surface area (Å²) in [7, 11) is 1.74. The number of rotatable bonds is 3. The predicted octanol–water partition coefficient (Wildman–Crippen LogP) is 5.09. The molecule has 2 nitrogen and oxygen atoms in total. The molecular weight excluding hydrogens is 369 g/mol. The average Bonchev–Trinajstić information content (AvgIpc) is 2.70. The van der Waals surface area contributed by atoms with Crippen LogP contribution in [0, 0.1) is 0 Å². The van der Waals surface area contributed by atoms with Gasteiger partial charge in [-0.25, -0.2) is 0 Å². The number of hydrogen-bond acceptors (Lipinski definition) is 2. The van der Waals surface area contributed by atoms with Gasteiger partial charge in [0.2, 0.25) is 0 Å². The number of benzene rings is 1. The van der Waals surface area contributed by atoms with E-state index in [1.807, 2.05) is 24.3 Å². The number of carbonyl (C=O) groups is 1. The van der Waals surface area contributed by atoms with Crippen LogP contribution in [0.5, 0.6) is 0 Å². The number of nitrogens with zero attached hydrogens (tertiary/aromatic N) is 1. The fraction of sp³-hybridized carbons (Fsp3) is 0.154. The predicted molar refractivity (Wildman–Crippen MR) is 84.3 cm³/mol. The van der Waals surface area contributed by atoms with Gasteiger partial charge in [-0.3, -0.25) is 4.79 Å². The van der Waals surface area contributed by atoms with Gasteiger partial charge in [-0.05, 0) is 17.7 Å². The Morgan fingerprint density at radius 2 is 2.05 bits per heavy atom. The molecular formula is C13H10BrCl2NOS. The Labute approximate surface area is 134 Å². The van der Waals surface area contributed by atoms with Crippen LogP contribution in [0.3, 0.4) is 0 Å². The van der Waals surface area contributed by atoms with E-state index < -0.39 is 0 Å². The van der Waals surface area contributed by atoms with E-state index in [0.29, 0.717) is 20.8 Å². The Hall–Kier alpha value is -0.550. The molecule has 1 aromatic carbocycles. The molecule has 2 aromatic rings. The summed E-state index contributed by atoms with van der Waals surface area (Å²) in [6, 6.07) is 9.39. The lowest BCUT2D eigenvalue weighted by Crippen LogP contribution is -2.26. The van der Waals surface area contributed by atoms with Crippen molar-refractivity contribution in [1.29, 1.82) is 0 Å². The summed E-state index contributed by atoms with van der Waals surface area (Å²) in [5, 5.41) is 0. The standard InChI is InChI=1S/C13H10BrCl2NOS/c1-17(7-8-4-2-3-5-10(8)14)13(18)9-6-11(15)19-12(9)16/h2-6H,7H2,1H3. The third kappa shape index (κ3) is 3.51. The van der Waals surface area contributed by atoms with Crippen LogP contribution >= 0.6 is 50.5 Å². The lowest BCUT2D eigenvalue weighted by atomic mass is 10.2. The van der Waals surface area contributed by atoms with Crippen LogP contribution in [0.15, 0.2) is 34.8 Å². The van der Waals surface area contributed by atoms with E-state index in [-0.39, 0.29) is 5.91 Å². The van der Waals surface area contributed by atoms with Gasteiger partial charge in [0.1, 0.15) is 4.34 Å². The van der Waals surface area contributed by atoms with Crippen LogP contribution in [0.1, 0.15) is 15.9 Å². The number of hydrogen-bond donors (Lipinski definition) is 0. The van der Waals surface area contributed by atoms with Crippen LogP contribution in [-0.4, -0.2) is 17.9 Å². The third-order valence-electron chi connectivity index (χ3n) is 2.60. The van der Waals surface area contributed by atoms with Crippen LogP contribution in [0.25, 0.3) is 0 Å². The second kappa shape index (κ2) is 6.27. The lowest BCUT2D eigenvalue weighted by molar-refractivity contribution is 0.0785. The van der Waals surface area contributed by atoms with E-state index in [1.54, 1.807) is 18.0 Å². The summed E-state index contributed by atoms with van der Waals surface area (Å²) in [5.74, 6) is -0.135. The highest BCUT2D eigenvalue weighted by Gasteiger charge is 2.18. The van der Waals surface area contributed by atoms with Crippen molar-refractivity contribution in [2.75, 3.05) is 7.05 Å². The zero-order chi connectivity index (χ0) is 14.0. The normalized spacial score (nSPS) is 10.5. The largest absolute Gasteiger partial charge is 0.337 e. The fourth-order valence-corrected chi connectivity index (χ4v) is 3.50. The fourth-order valence-electron chi connectivity index (χ4n) is 1.65. The zero-order valence-corrected chi connectivity index (χ0v) is 13.9. The van der Waals surface area contributed by atoms with Crippen molar-refractivity contribution in [2.45, 2.75) is 6.54 Å². The smallest absolute Gasteiger partial charge is 0.256 e. The van der Waals surface area contributed by atoms with Crippen LogP contribution in [0.4, 0.5) is 0 Å². The lowest BCUT2D eigenvalue weighted by Gasteiger charge is -2.17. The maximum absolute atomic E-state index is 12.3. The monoisotopic (exact) mass is 377 g/mol. The van der Waals surface area contributed by atoms with Crippen molar-refractivity contribution >= 4 is 56.4 Å². The molecule has 0 saturated heterocycles. The first-order chi connectivity index (χ1) is 8.99. The topological polar surface area (TPSA) is 20.3 Å².